The van der Waals surface area contributed by atoms with Crippen molar-refractivity contribution in [3.63, 3.8) is 0 Å². The van der Waals surface area contributed by atoms with Crippen molar-refractivity contribution in [1.29, 1.82) is 0 Å². The molecule has 0 radical (unpaired) electrons. The van der Waals surface area contributed by atoms with Crippen molar-refractivity contribution in [3.05, 3.63) is 99.0 Å². The van der Waals surface area contributed by atoms with Gasteiger partial charge in [0.25, 0.3) is 0 Å². The van der Waals surface area contributed by atoms with Gasteiger partial charge in [0.05, 0.1) is 15.7 Å². The first-order chi connectivity index (χ1) is 17.2. The molecule has 1 aromatic heterocycles. The molecular weight excluding hydrogens is 575 g/mol. The van der Waals surface area contributed by atoms with E-state index in [0.717, 1.165) is 33.2 Å². The molecule has 36 heavy (non-hydrogen) atoms. The van der Waals surface area contributed by atoms with Crippen molar-refractivity contribution >= 4 is 45.0 Å². The number of hydrogen-bond acceptors (Lipinski definition) is 5. The summed E-state index contributed by atoms with van der Waals surface area (Å²) in [5, 5.41) is 9.47. The lowest BCUT2D eigenvalue weighted by atomic mass is 10.1. The number of nitrogens with zero attached hydrogens (tertiary/aromatic N) is 1. The molecule has 4 aromatic rings. The fourth-order valence-electron chi connectivity index (χ4n) is 3.33. The highest BCUT2D eigenvalue weighted by Crippen LogP contribution is 2.37. The maximum absolute atomic E-state index is 13.0. The number of benzene rings is 3. The summed E-state index contributed by atoms with van der Waals surface area (Å²) < 4.78 is 44.8. The van der Waals surface area contributed by atoms with Crippen LogP contribution in [-0.2, 0) is 23.1 Å². The largest absolute Gasteiger partial charge is 0.481 e. The van der Waals surface area contributed by atoms with E-state index in [1.165, 1.54) is 23.5 Å². The first kappa shape index (κ1) is 26.2. The molecule has 0 spiro atoms. The van der Waals surface area contributed by atoms with Crippen molar-refractivity contribution in [2.75, 3.05) is 6.61 Å². The Kier molecular flexibility index (Phi) is 8.38. The van der Waals surface area contributed by atoms with Crippen LogP contribution in [0.15, 0.2) is 82.2 Å². The van der Waals surface area contributed by atoms with Gasteiger partial charge in [-0.05, 0) is 51.8 Å². The number of thiazole rings is 1. The van der Waals surface area contributed by atoms with E-state index < -0.39 is 24.3 Å². The Balaban J connectivity index is 1.56. The van der Waals surface area contributed by atoms with Crippen LogP contribution in [0.3, 0.4) is 0 Å². The highest BCUT2D eigenvalue weighted by molar-refractivity contribution is 9.10. The minimum atomic E-state index is -4.38. The molecule has 3 aromatic carbocycles. The number of aliphatic carboxylic acids is 1. The van der Waals surface area contributed by atoms with Gasteiger partial charge in [0, 0.05) is 27.5 Å². The second-order valence-electron chi connectivity index (χ2n) is 7.69. The Bertz CT molecular complexity index is 1340. The molecule has 0 aliphatic carbocycles. The zero-order valence-corrected chi connectivity index (χ0v) is 21.8. The number of thioether (sulfide) groups is 1. The van der Waals surface area contributed by atoms with Crippen molar-refractivity contribution in [1.82, 2.24) is 4.98 Å². The minimum Gasteiger partial charge on any atom is -0.481 e. The van der Waals surface area contributed by atoms with Crippen LogP contribution < -0.4 is 4.74 Å². The van der Waals surface area contributed by atoms with Gasteiger partial charge in [-0.3, -0.25) is 0 Å². The molecule has 0 unspecified atom stereocenters. The molecule has 186 valence electrons. The molecule has 10 heteroatoms. The molecule has 0 saturated carbocycles. The van der Waals surface area contributed by atoms with Crippen LogP contribution in [0.25, 0.3) is 10.6 Å². The number of carboxylic acid groups (broad SMARTS) is 1. The maximum atomic E-state index is 13.0. The molecule has 0 aliphatic heterocycles. The molecule has 4 nitrogen and oxygen atoms in total. The summed E-state index contributed by atoms with van der Waals surface area (Å²) in [6.07, 6.45) is -3.77. The van der Waals surface area contributed by atoms with Gasteiger partial charge in [-0.25, -0.2) is 9.78 Å². The summed E-state index contributed by atoms with van der Waals surface area (Å²) in [5.41, 5.74) is 1.93. The molecule has 0 amide bonds. The molecule has 0 saturated heterocycles. The van der Waals surface area contributed by atoms with Gasteiger partial charge in [-0.15, -0.1) is 23.1 Å². The van der Waals surface area contributed by atoms with Crippen LogP contribution >= 0.6 is 39.0 Å². The normalized spacial score (nSPS) is 11.4. The number of aromatic nitrogens is 1. The summed E-state index contributed by atoms with van der Waals surface area (Å²) >= 11 is 6.46. The minimum absolute atomic E-state index is 0.429. The van der Waals surface area contributed by atoms with Crippen LogP contribution in [0.4, 0.5) is 13.2 Å². The van der Waals surface area contributed by atoms with Crippen LogP contribution in [-0.4, -0.2) is 22.7 Å². The van der Waals surface area contributed by atoms with Gasteiger partial charge < -0.3 is 9.84 Å². The van der Waals surface area contributed by atoms with E-state index in [1.807, 2.05) is 42.5 Å². The van der Waals surface area contributed by atoms with Gasteiger partial charge in [-0.1, -0.05) is 42.5 Å². The second-order valence-corrected chi connectivity index (χ2v) is 10.7. The molecule has 1 N–H and O–H groups in total. The molecule has 1 heterocycles. The van der Waals surface area contributed by atoms with Crippen LogP contribution in [0.2, 0.25) is 0 Å². The van der Waals surface area contributed by atoms with Crippen LogP contribution in [0.5, 0.6) is 5.75 Å². The molecule has 0 aliphatic rings. The Morgan fingerprint density at radius 3 is 2.42 bits per heavy atom. The van der Waals surface area contributed by atoms with Gasteiger partial charge in [0.15, 0.2) is 6.61 Å². The lowest BCUT2D eigenvalue weighted by molar-refractivity contribution is -0.139. The van der Waals surface area contributed by atoms with Crippen molar-refractivity contribution in [2.45, 2.75) is 23.2 Å². The summed E-state index contributed by atoms with van der Waals surface area (Å²) in [6.45, 7) is -0.429. The highest BCUT2D eigenvalue weighted by atomic mass is 79.9. The van der Waals surface area contributed by atoms with Crippen LogP contribution in [0.1, 0.15) is 21.7 Å². The molecule has 0 bridgehead atoms. The SMILES string of the molecule is O=C(O)COc1ccc(SCc2sc(-c3ccc(C(F)(F)F)cc3)nc2Cc2ccccc2)cc1Br. The predicted octanol–water partition coefficient (Wildman–Crippen LogP) is 7.94. The van der Waals surface area contributed by atoms with E-state index >= 15 is 0 Å². The third-order valence-electron chi connectivity index (χ3n) is 5.08. The van der Waals surface area contributed by atoms with E-state index in [9.17, 15) is 18.0 Å². The van der Waals surface area contributed by atoms with Gasteiger partial charge in [-0.2, -0.15) is 13.2 Å². The highest BCUT2D eigenvalue weighted by Gasteiger charge is 2.30. The third kappa shape index (κ3) is 6.89. The Hall–Kier alpha value is -2.82. The first-order valence-electron chi connectivity index (χ1n) is 10.7. The predicted molar refractivity (Wildman–Crippen MR) is 139 cm³/mol. The number of alkyl halides is 3. The Labute approximate surface area is 222 Å². The molecule has 0 atom stereocenters. The van der Waals surface area contributed by atoms with Crippen molar-refractivity contribution in [3.8, 4) is 16.3 Å². The number of ether oxygens (including phenoxy) is 1. The maximum Gasteiger partial charge on any atom is 0.416 e. The number of carboxylic acids is 1. The number of hydrogen-bond donors (Lipinski definition) is 1. The smallest absolute Gasteiger partial charge is 0.416 e. The lowest BCUT2D eigenvalue weighted by Crippen LogP contribution is -2.09. The van der Waals surface area contributed by atoms with Crippen molar-refractivity contribution < 1.29 is 27.8 Å². The summed E-state index contributed by atoms with van der Waals surface area (Å²) in [7, 11) is 0. The third-order valence-corrected chi connectivity index (χ3v) is 8.05. The number of carbonyl (C=O) groups is 1. The average molecular weight is 594 g/mol. The first-order valence-corrected chi connectivity index (χ1v) is 13.3. The van der Waals surface area contributed by atoms with E-state index in [2.05, 4.69) is 15.9 Å². The lowest BCUT2D eigenvalue weighted by Gasteiger charge is -2.08. The monoisotopic (exact) mass is 593 g/mol. The van der Waals surface area contributed by atoms with Crippen molar-refractivity contribution in [2.24, 2.45) is 0 Å². The summed E-state index contributed by atoms with van der Waals surface area (Å²) in [5.74, 6) is -0.00311. The molecule has 0 fully saturated rings. The Morgan fingerprint density at radius 2 is 1.78 bits per heavy atom. The van der Waals surface area contributed by atoms with E-state index in [4.69, 9.17) is 14.8 Å². The van der Waals surface area contributed by atoms with Gasteiger partial charge in [0.2, 0.25) is 0 Å². The average Bonchev–Trinajstić information content (AvgIpc) is 3.24. The Morgan fingerprint density at radius 1 is 1.06 bits per heavy atom. The fraction of sp³-hybridized carbons (Fsp3) is 0.154. The quantitative estimate of drug-likeness (QED) is 0.200. The van der Waals surface area contributed by atoms with E-state index in [-0.39, 0.29) is 0 Å². The standard InChI is InChI=1S/C26H19BrF3NO3S2/c27-20-13-19(10-11-22(20)34-14-24(32)33)35-15-23-21(12-16-4-2-1-3-5-16)31-25(36-23)17-6-8-18(9-7-17)26(28,29)30/h1-11,13H,12,14-15H2,(H,32,33). The second kappa shape index (κ2) is 11.5. The summed E-state index contributed by atoms with van der Waals surface area (Å²) in [6, 6.07) is 20.4. The zero-order valence-electron chi connectivity index (χ0n) is 18.6. The zero-order chi connectivity index (χ0) is 25.7. The fourth-order valence-corrected chi connectivity index (χ4v) is 6.09. The van der Waals surface area contributed by atoms with E-state index in [0.29, 0.717) is 33.0 Å². The molecular formula is C26H19BrF3NO3S2. The van der Waals surface area contributed by atoms with Gasteiger partial charge >= 0.3 is 12.1 Å². The number of halogens is 4. The number of rotatable bonds is 9. The van der Waals surface area contributed by atoms with Gasteiger partial charge in [0.1, 0.15) is 10.8 Å². The van der Waals surface area contributed by atoms with Crippen LogP contribution in [0, 0.1) is 0 Å². The molecule has 4 rings (SSSR count). The topological polar surface area (TPSA) is 59.4 Å². The summed E-state index contributed by atoms with van der Waals surface area (Å²) in [4.78, 5) is 17.5. The van der Waals surface area contributed by atoms with E-state index in [1.54, 1.807) is 17.8 Å².